The van der Waals surface area contributed by atoms with E-state index in [1.54, 1.807) is 12.1 Å². The van der Waals surface area contributed by atoms with E-state index in [9.17, 15) is 4.79 Å². The molecule has 1 rings (SSSR count). The summed E-state index contributed by atoms with van der Waals surface area (Å²) in [6.45, 7) is 9.34. The summed E-state index contributed by atoms with van der Waals surface area (Å²) in [5.41, 5.74) is 0. The molecule has 0 unspecified atom stereocenters. The van der Waals surface area contributed by atoms with Crippen molar-refractivity contribution in [2.24, 2.45) is 0 Å². The van der Waals surface area contributed by atoms with Crippen LogP contribution in [0.1, 0.15) is 34.6 Å². The van der Waals surface area contributed by atoms with Crippen LogP contribution in [0.15, 0.2) is 18.2 Å². The standard InChI is InChI=1S/C15H22O4/c1-10(2)18-14-6-13(17-9-12(5)16)7-15(8-14)19-11(3)4/h6-8,10-11H,9H2,1-5H3. The molecule has 0 N–H and O–H groups in total. The molecule has 0 atom stereocenters. The zero-order valence-corrected chi connectivity index (χ0v) is 12.2. The van der Waals surface area contributed by atoms with Crippen LogP contribution in [0.5, 0.6) is 17.2 Å². The molecule has 0 heterocycles. The average Bonchev–Trinajstić information content (AvgIpc) is 2.24. The number of carbonyl (C=O) groups is 1. The third-order valence-electron chi connectivity index (χ3n) is 2.04. The van der Waals surface area contributed by atoms with E-state index in [0.29, 0.717) is 17.2 Å². The second-order valence-electron chi connectivity index (χ2n) is 4.96. The normalized spacial score (nSPS) is 10.7. The predicted octanol–water partition coefficient (Wildman–Crippen LogP) is 3.23. The Hall–Kier alpha value is -1.71. The van der Waals surface area contributed by atoms with Gasteiger partial charge in [0.1, 0.15) is 23.9 Å². The van der Waals surface area contributed by atoms with Crippen molar-refractivity contribution in [3.05, 3.63) is 18.2 Å². The smallest absolute Gasteiger partial charge is 0.167 e. The van der Waals surface area contributed by atoms with Gasteiger partial charge in [0.05, 0.1) is 12.2 Å². The Morgan fingerprint density at radius 1 is 0.947 bits per heavy atom. The van der Waals surface area contributed by atoms with Crippen molar-refractivity contribution in [1.82, 2.24) is 0 Å². The molecule has 0 aliphatic carbocycles. The molecule has 0 bridgehead atoms. The van der Waals surface area contributed by atoms with Crippen LogP contribution in [0.4, 0.5) is 0 Å². The third kappa shape index (κ3) is 6.13. The van der Waals surface area contributed by atoms with Gasteiger partial charge in [0.2, 0.25) is 0 Å². The molecule has 4 nitrogen and oxygen atoms in total. The fourth-order valence-electron chi connectivity index (χ4n) is 1.49. The Balaban J connectivity index is 2.91. The number of carbonyl (C=O) groups excluding carboxylic acids is 1. The summed E-state index contributed by atoms with van der Waals surface area (Å²) in [7, 11) is 0. The molecular weight excluding hydrogens is 244 g/mol. The van der Waals surface area contributed by atoms with Gasteiger partial charge in [-0.1, -0.05) is 0 Å². The van der Waals surface area contributed by atoms with Gasteiger partial charge in [-0.15, -0.1) is 0 Å². The molecule has 19 heavy (non-hydrogen) atoms. The Morgan fingerprint density at radius 3 is 1.74 bits per heavy atom. The number of benzene rings is 1. The van der Waals surface area contributed by atoms with E-state index in [1.807, 2.05) is 33.8 Å². The topological polar surface area (TPSA) is 44.8 Å². The first kappa shape index (κ1) is 15.3. The summed E-state index contributed by atoms with van der Waals surface area (Å²) >= 11 is 0. The summed E-state index contributed by atoms with van der Waals surface area (Å²) in [4.78, 5) is 11.0. The van der Waals surface area contributed by atoms with Gasteiger partial charge in [-0.2, -0.15) is 0 Å². The molecule has 0 fully saturated rings. The van der Waals surface area contributed by atoms with Crippen molar-refractivity contribution in [3.63, 3.8) is 0 Å². The van der Waals surface area contributed by atoms with Crippen molar-refractivity contribution in [1.29, 1.82) is 0 Å². The van der Waals surface area contributed by atoms with Crippen molar-refractivity contribution < 1.29 is 19.0 Å². The highest BCUT2D eigenvalue weighted by Gasteiger charge is 2.08. The minimum absolute atomic E-state index is 0.0264. The summed E-state index contributed by atoms with van der Waals surface area (Å²) in [5.74, 6) is 1.89. The Bertz CT molecular complexity index is 396. The minimum atomic E-state index is -0.0264. The molecule has 0 aliphatic rings. The SMILES string of the molecule is CC(=O)COc1cc(OC(C)C)cc(OC(C)C)c1. The first-order valence-corrected chi connectivity index (χ1v) is 6.47. The molecule has 106 valence electrons. The number of ketones is 1. The lowest BCUT2D eigenvalue weighted by Crippen LogP contribution is -2.10. The lowest BCUT2D eigenvalue weighted by Gasteiger charge is -2.15. The summed E-state index contributed by atoms with van der Waals surface area (Å²) in [5, 5.41) is 0. The minimum Gasteiger partial charge on any atom is -0.491 e. The molecular formula is C15H22O4. The van der Waals surface area contributed by atoms with Crippen LogP contribution in [0.2, 0.25) is 0 Å². The van der Waals surface area contributed by atoms with Crippen molar-refractivity contribution >= 4 is 5.78 Å². The Morgan fingerprint density at radius 2 is 1.37 bits per heavy atom. The van der Waals surface area contributed by atoms with Gasteiger partial charge in [0.15, 0.2) is 5.78 Å². The first-order chi connectivity index (χ1) is 8.86. The third-order valence-corrected chi connectivity index (χ3v) is 2.04. The van der Waals surface area contributed by atoms with E-state index in [-0.39, 0.29) is 24.6 Å². The highest BCUT2D eigenvalue weighted by Crippen LogP contribution is 2.29. The number of ether oxygens (including phenoxy) is 3. The molecule has 0 aliphatic heterocycles. The van der Waals surface area contributed by atoms with Crippen LogP contribution in [0.3, 0.4) is 0 Å². The van der Waals surface area contributed by atoms with E-state index in [4.69, 9.17) is 14.2 Å². The first-order valence-electron chi connectivity index (χ1n) is 6.47. The summed E-state index contributed by atoms with van der Waals surface area (Å²) < 4.78 is 16.7. The quantitative estimate of drug-likeness (QED) is 0.760. The second-order valence-corrected chi connectivity index (χ2v) is 4.96. The van der Waals surface area contributed by atoms with Gasteiger partial charge in [-0.05, 0) is 34.6 Å². The van der Waals surface area contributed by atoms with Gasteiger partial charge >= 0.3 is 0 Å². The molecule has 0 amide bonds. The molecule has 0 saturated heterocycles. The average molecular weight is 266 g/mol. The van der Waals surface area contributed by atoms with Crippen molar-refractivity contribution in [2.75, 3.05) is 6.61 Å². The molecule has 0 aromatic heterocycles. The molecule has 0 radical (unpaired) electrons. The molecule has 1 aromatic carbocycles. The molecule has 1 aromatic rings. The van der Waals surface area contributed by atoms with E-state index in [1.165, 1.54) is 6.92 Å². The fraction of sp³-hybridized carbons (Fsp3) is 0.533. The number of Topliss-reactive ketones (excluding diaryl/α,β-unsaturated/α-hetero) is 1. The maximum Gasteiger partial charge on any atom is 0.167 e. The van der Waals surface area contributed by atoms with Crippen LogP contribution in [-0.2, 0) is 4.79 Å². The maximum atomic E-state index is 11.0. The molecule has 4 heteroatoms. The van der Waals surface area contributed by atoms with Crippen LogP contribution in [0, 0.1) is 0 Å². The van der Waals surface area contributed by atoms with E-state index >= 15 is 0 Å². The largest absolute Gasteiger partial charge is 0.491 e. The number of rotatable bonds is 7. The lowest BCUT2D eigenvalue weighted by molar-refractivity contribution is -0.118. The highest BCUT2D eigenvalue weighted by molar-refractivity contribution is 5.77. The predicted molar refractivity (Wildman–Crippen MR) is 74.1 cm³/mol. The second kappa shape index (κ2) is 7.02. The monoisotopic (exact) mass is 266 g/mol. The van der Waals surface area contributed by atoms with Gasteiger partial charge < -0.3 is 14.2 Å². The Labute approximate surface area is 114 Å². The maximum absolute atomic E-state index is 11.0. The van der Waals surface area contributed by atoms with Crippen LogP contribution >= 0.6 is 0 Å². The number of hydrogen-bond acceptors (Lipinski definition) is 4. The van der Waals surface area contributed by atoms with Crippen LogP contribution in [-0.4, -0.2) is 24.6 Å². The molecule has 0 saturated carbocycles. The highest BCUT2D eigenvalue weighted by atomic mass is 16.5. The van der Waals surface area contributed by atoms with Crippen molar-refractivity contribution in [2.45, 2.75) is 46.8 Å². The zero-order chi connectivity index (χ0) is 14.4. The van der Waals surface area contributed by atoms with Crippen molar-refractivity contribution in [3.8, 4) is 17.2 Å². The van der Waals surface area contributed by atoms with E-state index in [2.05, 4.69) is 0 Å². The van der Waals surface area contributed by atoms with Crippen LogP contribution < -0.4 is 14.2 Å². The Kier molecular flexibility index (Phi) is 5.67. The summed E-state index contributed by atoms with van der Waals surface area (Å²) in [6, 6.07) is 5.34. The van der Waals surface area contributed by atoms with Gasteiger partial charge in [-0.3, -0.25) is 4.79 Å². The summed E-state index contributed by atoms with van der Waals surface area (Å²) in [6.07, 6.45) is 0.130. The van der Waals surface area contributed by atoms with E-state index in [0.717, 1.165) is 0 Å². The van der Waals surface area contributed by atoms with Gasteiger partial charge in [0.25, 0.3) is 0 Å². The fourth-order valence-corrected chi connectivity index (χ4v) is 1.49. The van der Waals surface area contributed by atoms with E-state index < -0.39 is 0 Å². The van der Waals surface area contributed by atoms with Gasteiger partial charge in [-0.25, -0.2) is 0 Å². The zero-order valence-electron chi connectivity index (χ0n) is 12.2. The lowest BCUT2D eigenvalue weighted by atomic mass is 10.3. The number of hydrogen-bond donors (Lipinski definition) is 0. The molecule has 0 spiro atoms. The van der Waals surface area contributed by atoms with Gasteiger partial charge in [0, 0.05) is 18.2 Å². The van der Waals surface area contributed by atoms with Crippen LogP contribution in [0.25, 0.3) is 0 Å².